The topological polar surface area (TPSA) is 112 Å². The first-order valence-corrected chi connectivity index (χ1v) is 19.7. The average Bonchev–Trinajstić information content (AvgIpc) is 3.76. The predicted octanol–water partition coefficient (Wildman–Crippen LogP) is 11.2. The molecule has 0 fully saturated rings. The maximum atomic E-state index is 12.5. The molecule has 1 N–H and O–H groups in total. The van der Waals surface area contributed by atoms with Crippen LogP contribution in [0.2, 0.25) is 0 Å². The molecule has 2 heterocycles. The molecule has 56 heavy (non-hydrogen) atoms. The summed E-state index contributed by atoms with van der Waals surface area (Å²) in [5, 5.41) is 11.5. The third kappa shape index (κ3) is 10.7. The van der Waals surface area contributed by atoms with Gasteiger partial charge >= 0.3 is 6.09 Å². The van der Waals surface area contributed by atoms with E-state index in [2.05, 4.69) is 31.0 Å². The maximum Gasteiger partial charge on any atom is 0.414 e. The molecule has 0 aliphatic carbocycles. The minimum Gasteiger partial charge on any atom is -0.504 e. The lowest BCUT2D eigenvalue weighted by atomic mass is 10.1. The van der Waals surface area contributed by atoms with Crippen LogP contribution < -0.4 is 19.1 Å². The van der Waals surface area contributed by atoms with Crippen molar-refractivity contribution >= 4 is 79.2 Å². The van der Waals surface area contributed by atoms with Crippen molar-refractivity contribution in [2.45, 2.75) is 53.6 Å². The molecule has 2 aromatic heterocycles. The lowest BCUT2D eigenvalue weighted by Gasteiger charge is -2.25. The summed E-state index contributed by atoms with van der Waals surface area (Å²) in [6, 6.07) is 19.3. The summed E-state index contributed by atoms with van der Waals surface area (Å²) in [5.41, 5.74) is 7.72. The molecule has 6 aromatic rings. The molecule has 6 rings (SSSR count). The summed E-state index contributed by atoms with van der Waals surface area (Å²) in [6.07, 6.45) is 8.56. The van der Waals surface area contributed by atoms with Gasteiger partial charge in [0.1, 0.15) is 15.6 Å². The molecule has 0 radical (unpaired) electrons. The smallest absolute Gasteiger partial charge is 0.414 e. The van der Waals surface area contributed by atoms with Gasteiger partial charge in [0, 0.05) is 14.2 Å². The number of phenolic OH excluding ortho intramolecular Hbond substituents is 1. The second-order valence-electron chi connectivity index (χ2n) is 13.9. The zero-order valence-corrected chi connectivity index (χ0v) is 35.2. The standard InChI is InChI=1S/C25H30N2O5S.C19H19NO2S/c1-16-12-18-22(14-19(16)27(5)24(28)32-25(2,3)4)33-23(26-18)11-9-17-8-10-20(31-15-29-6)21(13-17)30-7;1-4-14-11-18-15(9-12(14)2)20-19(23-18)8-6-13-5-7-16(21)17(10-13)22-3/h8-14H,15H2,1-7H3;5-11,21H,4H2,1-3H3/b11-9+;8-6+. The van der Waals surface area contributed by atoms with Crippen molar-refractivity contribution in [1.29, 1.82) is 0 Å². The second kappa shape index (κ2) is 18.5. The molecule has 294 valence electrons. The Kier molecular flexibility index (Phi) is 13.8. The molecule has 0 saturated carbocycles. The number of nitrogens with zero attached hydrogens (tertiary/aromatic N) is 3. The number of hydrogen-bond acceptors (Lipinski definition) is 11. The fourth-order valence-electron chi connectivity index (χ4n) is 5.70. The van der Waals surface area contributed by atoms with Crippen molar-refractivity contribution in [3.63, 3.8) is 0 Å². The number of carbonyl (C=O) groups is 1. The Labute approximate surface area is 336 Å². The summed E-state index contributed by atoms with van der Waals surface area (Å²) in [6.45, 7) is 12.0. The third-order valence-electron chi connectivity index (χ3n) is 8.56. The van der Waals surface area contributed by atoms with Crippen LogP contribution in [0, 0.1) is 13.8 Å². The first kappa shape index (κ1) is 41.7. The Morgan fingerprint density at radius 2 is 1.34 bits per heavy atom. The summed E-state index contributed by atoms with van der Waals surface area (Å²) in [7, 11) is 6.44. The average molecular weight is 796 g/mol. The fourth-order valence-corrected chi connectivity index (χ4v) is 7.50. The van der Waals surface area contributed by atoms with Crippen LogP contribution in [0.25, 0.3) is 44.7 Å². The number of phenols is 1. The van der Waals surface area contributed by atoms with E-state index < -0.39 is 5.60 Å². The van der Waals surface area contributed by atoms with Gasteiger partial charge in [0.15, 0.2) is 29.8 Å². The Hall–Kier alpha value is -5.43. The van der Waals surface area contributed by atoms with Gasteiger partial charge in [-0.25, -0.2) is 14.8 Å². The number of fused-ring (bicyclic) bond motifs is 2. The van der Waals surface area contributed by atoms with E-state index in [0.29, 0.717) is 17.2 Å². The number of rotatable bonds is 11. The number of hydrogen-bond donors (Lipinski definition) is 1. The van der Waals surface area contributed by atoms with E-state index in [1.54, 1.807) is 63.2 Å². The molecule has 0 unspecified atom stereocenters. The molecule has 4 aromatic carbocycles. The Morgan fingerprint density at radius 3 is 1.91 bits per heavy atom. The van der Waals surface area contributed by atoms with Crippen LogP contribution in [0.1, 0.15) is 65.5 Å². The summed E-state index contributed by atoms with van der Waals surface area (Å²) in [4.78, 5) is 23.4. The number of carbonyl (C=O) groups excluding carboxylic acids is 1. The highest BCUT2D eigenvalue weighted by Gasteiger charge is 2.22. The van der Waals surface area contributed by atoms with Gasteiger partial charge in [0.05, 0.1) is 40.3 Å². The highest BCUT2D eigenvalue weighted by atomic mass is 32.1. The Bertz CT molecular complexity index is 2370. The maximum absolute atomic E-state index is 12.5. The molecular weight excluding hydrogens is 747 g/mol. The third-order valence-corrected chi connectivity index (χ3v) is 10.5. The number of aryl methyl sites for hydroxylation is 3. The summed E-state index contributed by atoms with van der Waals surface area (Å²) < 4.78 is 28.7. The zero-order chi connectivity index (χ0) is 40.6. The number of anilines is 1. The number of methoxy groups -OCH3 is 3. The number of aromatic nitrogens is 2. The fraction of sp³-hybridized carbons (Fsp3) is 0.295. The van der Waals surface area contributed by atoms with Crippen molar-refractivity contribution in [1.82, 2.24) is 9.97 Å². The molecule has 0 bridgehead atoms. The molecule has 0 spiro atoms. The van der Waals surface area contributed by atoms with Crippen LogP contribution in [0.5, 0.6) is 23.0 Å². The highest BCUT2D eigenvalue weighted by molar-refractivity contribution is 7.19. The highest BCUT2D eigenvalue weighted by Crippen LogP contribution is 2.33. The summed E-state index contributed by atoms with van der Waals surface area (Å²) >= 11 is 3.25. The van der Waals surface area contributed by atoms with E-state index in [0.717, 1.165) is 54.5 Å². The monoisotopic (exact) mass is 795 g/mol. The molecule has 12 heteroatoms. The van der Waals surface area contributed by atoms with Gasteiger partial charge in [-0.2, -0.15) is 0 Å². The predicted molar refractivity (Wildman–Crippen MR) is 231 cm³/mol. The largest absolute Gasteiger partial charge is 0.504 e. The van der Waals surface area contributed by atoms with Crippen LogP contribution in [-0.2, 0) is 15.9 Å². The molecule has 0 aliphatic rings. The number of aromatic hydroxyl groups is 1. The van der Waals surface area contributed by atoms with Gasteiger partial charge in [-0.1, -0.05) is 31.2 Å². The minimum atomic E-state index is -0.553. The zero-order valence-electron chi connectivity index (χ0n) is 33.6. The number of thiazole rings is 2. The lowest BCUT2D eigenvalue weighted by molar-refractivity contribution is 0.0491. The quantitative estimate of drug-likeness (QED) is 0.128. The van der Waals surface area contributed by atoms with Gasteiger partial charge in [0.2, 0.25) is 0 Å². The van der Waals surface area contributed by atoms with Crippen LogP contribution in [0.3, 0.4) is 0 Å². The van der Waals surface area contributed by atoms with Crippen molar-refractivity contribution in [2.24, 2.45) is 0 Å². The van der Waals surface area contributed by atoms with Crippen LogP contribution in [0.4, 0.5) is 10.5 Å². The first-order chi connectivity index (χ1) is 26.7. The van der Waals surface area contributed by atoms with Crippen molar-refractivity contribution < 1.29 is 33.6 Å². The number of benzene rings is 4. The van der Waals surface area contributed by atoms with E-state index in [4.69, 9.17) is 28.7 Å². The van der Waals surface area contributed by atoms with E-state index in [-0.39, 0.29) is 18.6 Å². The Balaban J connectivity index is 0.000000228. The van der Waals surface area contributed by atoms with E-state index in [1.165, 1.54) is 20.7 Å². The lowest BCUT2D eigenvalue weighted by Crippen LogP contribution is -2.34. The molecule has 1 amide bonds. The van der Waals surface area contributed by atoms with E-state index in [1.807, 2.05) is 88.4 Å². The van der Waals surface area contributed by atoms with Crippen molar-refractivity contribution in [3.05, 3.63) is 98.5 Å². The van der Waals surface area contributed by atoms with Gasteiger partial charge in [0.25, 0.3) is 0 Å². The molecule has 0 aliphatic heterocycles. The minimum absolute atomic E-state index is 0.146. The van der Waals surface area contributed by atoms with Gasteiger partial charge in [-0.05, 0) is 130 Å². The normalized spacial score (nSPS) is 11.6. The Morgan fingerprint density at radius 1 is 0.768 bits per heavy atom. The van der Waals surface area contributed by atoms with Crippen molar-refractivity contribution in [3.8, 4) is 23.0 Å². The van der Waals surface area contributed by atoms with Crippen LogP contribution in [-0.4, -0.2) is 61.9 Å². The van der Waals surface area contributed by atoms with Gasteiger partial charge < -0.3 is 28.8 Å². The van der Waals surface area contributed by atoms with E-state index >= 15 is 0 Å². The van der Waals surface area contributed by atoms with Crippen LogP contribution in [0.15, 0.2) is 60.7 Å². The first-order valence-electron chi connectivity index (χ1n) is 18.0. The van der Waals surface area contributed by atoms with E-state index in [9.17, 15) is 9.90 Å². The second-order valence-corrected chi connectivity index (χ2v) is 16.0. The number of ether oxygens (including phenoxy) is 5. The SMILES string of the molecule is CCc1cc2sc(/C=C/c3ccc(O)c(OC)c3)nc2cc1C.COCOc1ccc(/C=C/c2nc3cc(C)c(N(C)C(=O)OC(C)(C)C)cc3s2)cc1OC. The molecule has 0 atom stereocenters. The van der Waals surface area contributed by atoms with Gasteiger partial charge in [-0.15, -0.1) is 22.7 Å². The molecular formula is C44H49N3O7S2. The number of amides is 1. The van der Waals surface area contributed by atoms with Gasteiger partial charge in [-0.3, -0.25) is 4.90 Å². The van der Waals surface area contributed by atoms with Crippen molar-refractivity contribution in [2.75, 3.05) is 40.1 Å². The molecule has 0 saturated heterocycles. The van der Waals surface area contributed by atoms with Crippen LogP contribution >= 0.6 is 22.7 Å². The summed E-state index contributed by atoms with van der Waals surface area (Å²) in [5.74, 6) is 1.87. The molecule has 10 nitrogen and oxygen atoms in total.